The molecule has 2 aliphatic heterocycles. The lowest BCUT2D eigenvalue weighted by Gasteiger charge is -2.44. The van der Waals surface area contributed by atoms with E-state index in [4.69, 9.17) is 23.7 Å². The van der Waals surface area contributed by atoms with Gasteiger partial charge in [0.2, 0.25) is 0 Å². The summed E-state index contributed by atoms with van der Waals surface area (Å²) in [6.45, 7) is 0.911. The molecule has 2 saturated carbocycles. The summed E-state index contributed by atoms with van der Waals surface area (Å²) in [4.78, 5) is 0. The van der Waals surface area contributed by atoms with Crippen molar-refractivity contribution in [3.05, 3.63) is 47.5 Å². The molecule has 2 fully saturated rings. The largest absolute Gasteiger partial charge is 0.493 e. The number of aliphatic hydroxyl groups is 2. The number of hydrogen-bond acceptors (Lipinski definition) is 7. The lowest BCUT2D eigenvalue weighted by molar-refractivity contribution is -0.0888. The molecule has 0 spiro atoms. The van der Waals surface area contributed by atoms with Gasteiger partial charge in [-0.1, -0.05) is 6.42 Å². The Morgan fingerprint density at radius 3 is 2.02 bits per heavy atom. The van der Waals surface area contributed by atoms with Crippen molar-refractivity contribution in [1.29, 1.82) is 0 Å². The minimum Gasteiger partial charge on any atom is -0.493 e. The van der Waals surface area contributed by atoms with Crippen LogP contribution in [0.2, 0.25) is 0 Å². The first-order chi connectivity index (χ1) is 19.6. The number of aliphatic hydroxyl groups excluding tert-OH is 2. The summed E-state index contributed by atoms with van der Waals surface area (Å²) >= 11 is 0. The van der Waals surface area contributed by atoms with Crippen molar-refractivity contribution in [2.75, 3.05) is 20.3 Å². The Kier molecular flexibility index (Phi) is 8.70. The summed E-state index contributed by atoms with van der Waals surface area (Å²) < 4.78 is 30.6. The molecule has 0 saturated heterocycles. The molecule has 2 heterocycles. The van der Waals surface area contributed by atoms with Crippen LogP contribution < -0.4 is 18.9 Å². The highest BCUT2D eigenvalue weighted by molar-refractivity contribution is 5.46. The molecule has 40 heavy (non-hydrogen) atoms. The lowest BCUT2D eigenvalue weighted by Crippen LogP contribution is -2.46. The maximum atomic E-state index is 11.9. The van der Waals surface area contributed by atoms with Crippen molar-refractivity contribution in [3.63, 3.8) is 0 Å². The Balaban J connectivity index is 1.25. The van der Waals surface area contributed by atoms with Crippen LogP contribution in [0.25, 0.3) is 0 Å². The van der Waals surface area contributed by atoms with Gasteiger partial charge in [0.05, 0.1) is 31.0 Å². The van der Waals surface area contributed by atoms with Crippen molar-refractivity contribution >= 4 is 0 Å². The van der Waals surface area contributed by atoms with Crippen molar-refractivity contribution in [2.24, 2.45) is 11.8 Å². The Bertz CT molecular complexity index is 1120. The third-order valence-corrected chi connectivity index (χ3v) is 9.30. The molecule has 7 nitrogen and oxygen atoms in total. The molecule has 0 aromatic heterocycles. The highest BCUT2D eigenvalue weighted by Crippen LogP contribution is 2.50. The zero-order valence-electron chi connectivity index (χ0n) is 23.6. The fourth-order valence-electron chi connectivity index (χ4n) is 7.15. The molecule has 6 rings (SSSR count). The van der Waals surface area contributed by atoms with Gasteiger partial charge in [-0.05, 0) is 101 Å². The topological polar surface area (TPSA) is 86.6 Å². The van der Waals surface area contributed by atoms with E-state index in [1.807, 2.05) is 36.4 Å². The van der Waals surface area contributed by atoms with Crippen LogP contribution in [0.5, 0.6) is 23.0 Å². The third-order valence-electron chi connectivity index (χ3n) is 9.30. The molecule has 0 radical (unpaired) electrons. The summed E-state index contributed by atoms with van der Waals surface area (Å²) in [5.74, 6) is 2.17. The molecule has 4 aliphatic rings. The van der Waals surface area contributed by atoms with Gasteiger partial charge in [-0.15, -0.1) is 0 Å². The van der Waals surface area contributed by atoms with Crippen molar-refractivity contribution < 1.29 is 33.9 Å². The molecule has 2 aliphatic carbocycles. The first kappa shape index (κ1) is 27.7. The van der Waals surface area contributed by atoms with E-state index in [0.29, 0.717) is 31.1 Å². The summed E-state index contributed by atoms with van der Waals surface area (Å²) in [5, 5.41) is 23.6. The normalized spacial score (nSPS) is 28.7. The zero-order chi connectivity index (χ0) is 27.5. The van der Waals surface area contributed by atoms with E-state index in [9.17, 15) is 10.2 Å². The maximum Gasteiger partial charge on any atom is 0.125 e. The summed E-state index contributed by atoms with van der Waals surface area (Å²) in [6.07, 6.45) is 10.4. The predicted molar refractivity (Wildman–Crippen MR) is 151 cm³/mol. The van der Waals surface area contributed by atoms with E-state index in [-0.39, 0.29) is 30.1 Å². The second kappa shape index (κ2) is 12.6. The molecule has 0 amide bonds. The van der Waals surface area contributed by atoms with Crippen LogP contribution in [-0.4, -0.2) is 48.8 Å². The Hall–Kier alpha value is -2.48. The van der Waals surface area contributed by atoms with Crippen LogP contribution in [-0.2, 0) is 4.74 Å². The van der Waals surface area contributed by atoms with Crippen LogP contribution in [0.3, 0.4) is 0 Å². The zero-order valence-corrected chi connectivity index (χ0v) is 23.6. The van der Waals surface area contributed by atoms with Gasteiger partial charge in [0.15, 0.2) is 0 Å². The van der Waals surface area contributed by atoms with E-state index in [1.165, 1.54) is 32.1 Å². The summed E-state index contributed by atoms with van der Waals surface area (Å²) in [7, 11) is 1.69. The predicted octanol–water partition coefficient (Wildman–Crippen LogP) is 6.30. The highest BCUT2D eigenvalue weighted by Gasteiger charge is 2.47. The molecule has 0 unspecified atom stereocenters. The van der Waals surface area contributed by atoms with Crippen molar-refractivity contribution in [2.45, 2.75) is 101 Å². The second-order valence-corrected chi connectivity index (χ2v) is 12.0. The Morgan fingerprint density at radius 1 is 0.775 bits per heavy atom. The molecule has 218 valence electrons. The number of fused-ring (bicyclic) bond motifs is 2. The summed E-state index contributed by atoms with van der Waals surface area (Å²) in [6, 6.07) is 11.6. The van der Waals surface area contributed by atoms with Gasteiger partial charge in [-0.2, -0.15) is 0 Å². The molecule has 2 aromatic rings. The van der Waals surface area contributed by atoms with Crippen LogP contribution in [0.4, 0.5) is 0 Å². The quantitative estimate of drug-likeness (QED) is 0.353. The van der Waals surface area contributed by atoms with E-state index >= 15 is 0 Å². The third kappa shape index (κ3) is 5.93. The molecule has 5 atom stereocenters. The minimum atomic E-state index is -0.825. The van der Waals surface area contributed by atoms with Crippen LogP contribution in [0.15, 0.2) is 36.4 Å². The lowest BCUT2D eigenvalue weighted by atomic mass is 9.73. The fourth-order valence-corrected chi connectivity index (χ4v) is 7.15. The van der Waals surface area contributed by atoms with Gasteiger partial charge in [-0.3, -0.25) is 0 Å². The van der Waals surface area contributed by atoms with Gasteiger partial charge >= 0.3 is 0 Å². The average molecular weight is 553 g/mol. The SMILES string of the molecule is COCCC[C@@H]1Oc2ccc(OC3CCCCC3)cc2[C@H](O)[C@@H]1[C@@H]1COc2ccc(OC3CCCC3)cc2[C@H]1O. The second-order valence-electron chi connectivity index (χ2n) is 12.0. The first-order valence-corrected chi connectivity index (χ1v) is 15.4. The monoisotopic (exact) mass is 552 g/mol. The molecule has 0 bridgehead atoms. The van der Waals surface area contributed by atoms with E-state index in [1.54, 1.807) is 7.11 Å². The number of hydrogen-bond donors (Lipinski definition) is 2. The highest BCUT2D eigenvalue weighted by atomic mass is 16.5. The smallest absolute Gasteiger partial charge is 0.125 e. The van der Waals surface area contributed by atoms with Gasteiger partial charge in [-0.25, -0.2) is 0 Å². The number of rotatable bonds is 9. The van der Waals surface area contributed by atoms with Crippen LogP contribution >= 0.6 is 0 Å². The maximum absolute atomic E-state index is 11.9. The van der Waals surface area contributed by atoms with Gasteiger partial charge < -0.3 is 33.9 Å². The first-order valence-electron chi connectivity index (χ1n) is 15.4. The molecule has 7 heteroatoms. The van der Waals surface area contributed by atoms with Crippen molar-refractivity contribution in [3.8, 4) is 23.0 Å². The molecule has 2 N–H and O–H groups in total. The van der Waals surface area contributed by atoms with E-state index < -0.39 is 12.2 Å². The minimum absolute atomic E-state index is 0.219. The van der Waals surface area contributed by atoms with Crippen LogP contribution in [0, 0.1) is 11.8 Å². The van der Waals surface area contributed by atoms with Crippen LogP contribution in [0.1, 0.15) is 94.0 Å². The van der Waals surface area contributed by atoms with Gasteiger partial charge in [0.1, 0.15) is 29.1 Å². The standard InChI is InChI=1S/C33H44O7/c1-36-17-7-12-30-31(33(35)26-19-24(14-16-29(26)40-30)38-21-8-3-2-4-9-21)27-20-37-28-15-13-23(18-25(28)32(27)34)39-22-10-5-6-11-22/h13-16,18-19,21-22,27,30-35H,2-12,17,20H2,1H3/t27-,30-,31+,32+,33-/m0/s1. The van der Waals surface area contributed by atoms with Crippen molar-refractivity contribution in [1.82, 2.24) is 0 Å². The number of benzene rings is 2. The van der Waals surface area contributed by atoms with Gasteiger partial charge in [0, 0.05) is 36.7 Å². The fraction of sp³-hybridized carbons (Fsp3) is 0.636. The average Bonchev–Trinajstić information content (AvgIpc) is 3.48. The number of ether oxygens (including phenoxy) is 5. The molecule has 2 aromatic carbocycles. The van der Waals surface area contributed by atoms with Gasteiger partial charge in [0.25, 0.3) is 0 Å². The molecular weight excluding hydrogens is 508 g/mol. The Labute approximate surface area is 237 Å². The number of methoxy groups -OCH3 is 1. The Morgan fingerprint density at radius 2 is 1.38 bits per heavy atom. The van der Waals surface area contributed by atoms with E-state index in [0.717, 1.165) is 54.7 Å². The van der Waals surface area contributed by atoms with E-state index in [2.05, 4.69) is 0 Å². The molecular formula is C33H44O7. The summed E-state index contributed by atoms with van der Waals surface area (Å²) in [5.41, 5.74) is 1.44.